The summed E-state index contributed by atoms with van der Waals surface area (Å²) in [5.74, 6) is 1.39. The number of benzene rings is 1. The molecular formula is C13H15ClN4. The summed E-state index contributed by atoms with van der Waals surface area (Å²) >= 11 is 6.10. The molecule has 5 heteroatoms. The fourth-order valence-corrected chi connectivity index (χ4v) is 1.80. The van der Waals surface area contributed by atoms with Gasteiger partial charge in [0.15, 0.2) is 0 Å². The topological polar surface area (TPSA) is 49.8 Å². The van der Waals surface area contributed by atoms with Crippen molar-refractivity contribution in [3.63, 3.8) is 0 Å². The van der Waals surface area contributed by atoms with E-state index in [2.05, 4.69) is 20.6 Å². The maximum absolute atomic E-state index is 6.10. The monoisotopic (exact) mass is 262 g/mol. The van der Waals surface area contributed by atoms with Crippen LogP contribution in [0.15, 0.2) is 30.3 Å². The lowest BCUT2D eigenvalue weighted by molar-refractivity contribution is 1.05. The molecule has 0 saturated carbocycles. The Morgan fingerprint density at radius 1 is 1.22 bits per heavy atom. The third kappa shape index (κ3) is 3.11. The summed E-state index contributed by atoms with van der Waals surface area (Å²) in [6.45, 7) is 2.57. The SMILES string of the molecule is CNc1nc(C)cc(NCc2ccccc2Cl)n1. The highest BCUT2D eigenvalue weighted by atomic mass is 35.5. The van der Waals surface area contributed by atoms with Crippen molar-refractivity contribution in [1.82, 2.24) is 9.97 Å². The first-order valence-corrected chi connectivity index (χ1v) is 6.07. The molecule has 0 spiro atoms. The molecule has 2 aromatic rings. The lowest BCUT2D eigenvalue weighted by atomic mass is 10.2. The molecule has 0 aliphatic carbocycles. The van der Waals surface area contributed by atoms with E-state index in [9.17, 15) is 0 Å². The van der Waals surface area contributed by atoms with Crippen LogP contribution in [-0.2, 0) is 6.54 Å². The summed E-state index contributed by atoms with van der Waals surface area (Å²) in [4.78, 5) is 8.56. The summed E-state index contributed by atoms with van der Waals surface area (Å²) < 4.78 is 0. The zero-order valence-electron chi connectivity index (χ0n) is 10.4. The smallest absolute Gasteiger partial charge is 0.224 e. The zero-order chi connectivity index (χ0) is 13.0. The number of nitrogens with zero attached hydrogens (tertiary/aromatic N) is 2. The van der Waals surface area contributed by atoms with Crippen molar-refractivity contribution in [3.05, 3.63) is 46.6 Å². The number of hydrogen-bond donors (Lipinski definition) is 2. The van der Waals surface area contributed by atoms with Gasteiger partial charge in [-0.15, -0.1) is 0 Å². The molecule has 0 aliphatic rings. The highest BCUT2D eigenvalue weighted by Crippen LogP contribution is 2.17. The van der Waals surface area contributed by atoms with E-state index in [1.165, 1.54) is 0 Å². The van der Waals surface area contributed by atoms with Crippen molar-refractivity contribution in [1.29, 1.82) is 0 Å². The number of anilines is 2. The first-order valence-electron chi connectivity index (χ1n) is 5.70. The molecule has 0 fully saturated rings. The van der Waals surface area contributed by atoms with Gasteiger partial charge in [0.2, 0.25) is 5.95 Å². The lowest BCUT2D eigenvalue weighted by Crippen LogP contribution is -2.05. The van der Waals surface area contributed by atoms with E-state index in [1.807, 2.05) is 37.3 Å². The Balaban J connectivity index is 2.11. The number of aryl methyl sites for hydroxylation is 1. The maximum Gasteiger partial charge on any atom is 0.224 e. The van der Waals surface area contributed by atoms with E-state index in [0.29, 0.717) is 12.5 Å². The molecule has 18 heavy (non-hydrogen) atoms. The van der Waals surface area contributed by atoms with Crippen LogP contribution in [0.5, 0.6) is 0 Å². The molecule has 0 radical (unpaired) electrons. The molecular weight excluding hydrogens is 248 g/mol. The van der Waals surface area contributed by atoms with Crippen molar-refractivity contribution < 1.29 is 0 Å². The van der Waals surface area contributed by atoms with Crippen LogP contribution in [0.2, 0.25) is 5.02 Å². The van der Waals surface area contributed by atoms with Gasteiger partial charge in [0, 0.05) is 30.4 Å². The van der Waals surface area contributed by atoms with Crippen LogP contribution in [0.3, 0.4) is 0 Å². The predicted molar refractivity (Wildman–Crippen MR) is 75.1 cm³/mol. The van der Waals surface area contributed by atoms with Crippen LogP contribution in [0.1, 0.15) is 11.3 Å². The molecule has 1 aromatic carbocycles. The Kier molecular flexibility index (Phi) is 3.99. The molecule has 1 heterocycles. The lowest BCUT2D eigenvalue weighted by Gasteiger charge is -2.09. The van der Waals surface area contributed by atoms with Crippen molar-refractivity contribution in [2.24, 2.45) is 0 Å². The number of nitrogens with one attached hydrogen (secondary N) is 2. The summed E-state index contributed by atoms with van der Waals surface area (Å²) in [6, 6.07) is 9.65. The van der Waals surface area contributed by atoms with Gasteiger partial charge in [0.1, 0.15) is 5.82 Å². The van der Waals surface area contributed by atoms with Gasteiger partial charge in [0.25, 0.3) is 0 Å². The molecule has 0 atom stereocenters. The minimum absolute atomic E-state index is 0.608. The van der Waals surface area contributed by atoms with E-state index in [1.54, 1.807) is 7.05 Å². The number of rotatable bonds is 4. The van der Waals surface area contributed by atoms with Crippen LogP contribution in [-0.4, -0.2) is 17.0 Å². The molecule has 0 aliphatic heterocycles. The van der Waals surface area contributed by atoms with E-state index in [4.69, 9.17) is 11.6 Å². The third-order valence-electron chi connectivity index (χ3n) is 2.50. The highest BCUT2D eigenvalue weighted by Gasteiger charge is 2.02. The second-order valence-electron chi connectivity index (χ2n) is 3.91. The van der Waals surface area contributed by atoms with E-state index >= 15 is 0 Å². The Hall–Kier alpha value is -1.81. The van der Waals surface area contributed by atoms with Crippen LogP contribution in [0.25, 0.3) is 0 Å². The van der Waals surface area contributed by atoms with Gasteiger partial charge in [-0.1, -0.05) is 29.8 Å². The normalized spacial score (nSPS) is 10.2. The Morgan fingerprint density at radius 2 is 2.00 bits per heavy atom. The predicted octanol–water partition coefficient (Wildman–Crippen LogP) is 3.09. The Morgan fingerprint density at radius 3 is 2.72 bits per heavy atom. The van der Waals surface area contributed by atoms with Crippen molar-refractivity contribution in [2.45, 2.75) is 13.5 Å². The molecule has 4 nitrogen and oxygen atoms in total. The first kappa shape index (κ1) is 12.6. The van der Waals surface area contributed by atoms with E-state index in [-0.39, 0.29) is 0 Å². The zero-order valence-corrected chi connectivity index (χ0v) is 11.1. The Bertz CT molecular complexity index is 542. The molecule has 2 N–H and O–H groups in total. The standard InChI is InChI=1S/C13H15ClN4/c1-9-7-12(18-13(15-2)17-9)16-8-10-5-3-4-6-11(10)14/h3-7H,8H2,1-2H3,(H2,15,16,17,18). The molecule has 1 aromatic heterocycles. The van der Waals surface area contributed by atoms with Crippen LogP contribution in [0.4, 0.5) is 11.8 Å². The number of aromatic nitrogens is 2. The Labute approximate surface area is 111 Å². The van der Waals surface area contributed by atoms with Gasteiger partial charge in [0.05, 0.1) is 0 Å². The molecule has 0 unspecified atom stereocenters. The van der Waals surface area contributed by atoms with Crippen LogP contribution < -0.4 is 10.6 Å². The highest BCUT2D eigenvalue weighted by molar-refractivity contribution is 6.31. The number of halogens is 1. The van der Waals surface area contributed by atoms with Gasteiger partial charge in [-0.2, -0.15) is 4.98 Å². The maximum atomic E-state index is 6.10. The van der Waals surface area contributed by atoms with Crippen molar-refractivity contribution in [3.8, 4) is 0 Å². The van der Waals surface area contributed by atoms with E-state index < -0.39 is 0 Å². The molecule has 2 rings (SSSR count). The van der Waals surface area contributed by atoms with Gasteiger partial charge < -0.3 is 10.6 Å². The van der Waals surface area contributed by atoms with E-state index in [0.717, 1.165) is 22.1 Å². The van der Waals surface area contributed by atoms with Gasteiger partial charge in [-0.05, 0) is 18.6 Å². The summed E-state index contributed by atoms with van der Waals surface area (Å²) in [7, 11) is 1.80. The average molecular weight is 263 g/mol. The fraction of sp³-hybridized carbons (Fsp3) is 0.231. The summed E-state index contributed by atoms with van der Waals surface area (Å²) in [5, 5.41) is 6.93. The minimum atomic E-state index is 0.608. The third-order valence-corrected chi connectivity index (χ3v) is 2.86. The summed E-state index contributed by atoms with van der Waals surface area (Å²) in [5.41, 5.74) is 1.96. The van der Waals surface area contributed by atoms with Gasteiger partial charge in [-0.25, -0.2) is 4.98 Å². The molecule has 0 amide bonds. The average Bonchev–Trinajstić information content (AvgIpc) is 2.37. The second-order valence-corrected chi connectivity index (χ2v) is 4.32. The van der Waals surface area contributed by atoms with Gasteiger partial charge >= 0.3 is 0 Å². The minimum Gasteiger partial charge on any atom is -0.366 e. The van der Waals surface area contributed by atoms with Gasteiger partial charge in [-0.3, -0.25) is 0 Å². The first-order chi connectivity index (χ1) is 8.69. The van der Waals surface area contributed by atoms with Crippen molar-refractivity contribution >= 4 is 23.4 Å². The number of hydrogen-bond acceptors (Lipinski definition) is 4. The van der Waals surface area contributed by atoms with Crippen molar-refractivity contribution in [2.75, 3.05) is 17.7 Å². The molecule has 0 saturated heterocycles. The van der Waals surface area contributed by atoms with Crippen LogP contribution >= 0.6 is 11.6 Å². The van der Waals surface area contributed by atoms with Crippen LogP contribution in [0, 0.1) is 6.92 Å². The quantitative estimate of drug-likeness (QED) is 0.889. The molecule has 0 bridgehead atoms. The summed E-state index contributed by atoms with van der Waals surface area (Å²) in [6.07, 6.45) is 0. The largest absolute Gasteiger partial charge is 0.366 e. The fourth-order valence-electron chi connectivity index (χ4n) is 1.60. The second kappa shape index (κ2) is 5.69. The molecule has 94 valence electrons.